The molecule has 4 fully saturated rings. The van der Waals surface area contributed by atoms with Crippen LogP contribution < -0.4 is 0 Å². The van der Waals surface area contributed by atoms with Crippen LogP contribution >= 0.6 is 0 Å². The summed E-state index contributed by atoms with van der Waals surface area (Å²) in [6.45, 7) is 3.86. The molecule has 3 nitrogen and oxygen atoms in total. The Kier molecular flexibility index (Phi) is 4.02. The van der Waals surface area contributed by atoms with E-state index < -0.39 is 11.6 Å². The molecule has 0 aliphatic carbocycles. The molecule has 2 bridgehead atoms. The Morgan fingerprint density at radius 2 is 1.77 bits per heavy atom. The summed E-state index contributed by atoms with van der Waals surface area (Å²) in [5.41, 5.74) is 1.86. The first-order valence-corrected chi connectivity index (χ1v) is 9.53. The summed E-state index contributed by atoms with van der Waals surface area (Å²) >= 11 is 0. The number of rotatable bonds is 3. The number of pyridine rings is 1. The number of nitrogens with zero attached hydrogens (tertiary/aromatic N) is 3. The van der Waals surface area contributed by atoms with Gasteiger partial charge in [0.2, 0.25) is 0 Å². The van der Waals surface area contributed by atoms with Crippen LogP contribution in [0.25, 0.3) is 0 Å². The number of hydrogen-bond acceptors (Lipinski definition) is 3. The molecule has 0 spiro atoms. The van der Waals surface area contributed by atoms with Crippen LogP contribution in [0.2, 0.25) is 0 Å². The summed E-state index contributed by atoms with van der Waals surface area (Å²) < 4.78 is 27.7. The van der Waals surface area contributed by atoms with E-state index in [0.717, 1.165) is 43.5 Å². The van der Waals surface area contributed by atoms with E-state index in [9.17, 15) is 8.78 Å². The normalized spacial score (nSPS) is 33.4. The van der Waals surface area contributed by atoms with Gasteiger partial charge in [0.25, 0.3) is 0 Å². The predicted octanol–water partition coefficient (Wildman–Crippen LogP) is 3.42. The fourth-order valence-corrected chi connectivity index (χ4v) is 5.50. The molecule has 0 amide bonds. The number of piperidine rings is 3. The van der Waals surface area contributed by atoms with Gasteiger partial charge in [-0.25, -0.2) is 8.78 Å². The molecule has 1 aromatic heterocycles. The summed E-state index contributed by atoms with van der Waals surface area (Å²) in [5.74, 6) is -0.125. The van der Waals surface area contributed by atoms with E-state index in [1.165, 1.54) is 25.0 Å². The van der Waals surface area contributed by atoms with Crippen molar-refractivity contribution in [3.05, 3.63) is 65.5 Å². The maximum absolute atomic E-state index is 13.9. The second-order valence-corrected chi connectivity index (χ2v) is 7.91. The third-order valence-electron chi connectivity index (χ3n) is 6.50. The quantitative estimate of drug-likeness (QED) is 0.841. The van der Waals surface area contributed by atoms with E-state index in [1.807, 2.05) is 18.3 Å². The van der Waals surface area contributed by atoms with E-state index in [2.05, 4.69) is 20.9 Å². The average molecular weight is 355 g/mol. The maximum atomic E-state index is 13.9. The highest BCUT2D eigenvalue weighted by Crippen LogP contribution is 2.47. The molecule has 4 saturated heterocycles. The maximum Gasteiger partial charge on any atom is 0.126 e. The molecular weight excluding hydrogens is 332 g/mol. The van der Waals surface area contributed by atoms with Crippen molar-refractivity contribution >= 4 is 0 Å². The van der Waals surface area contributed by atoms with Crippen molar-refractivity contribution in [2.24, 2.45) is 5.92 Å². The van der Waals surface area contributed by atoms with Gasteiger partial charge in [0.05, 0.1) is 5.69 Å². The van der Waals surface area contributed by atoms with Gasteiger partial charge < -0.3 is 0 Å². The first kappa shape index (κ1) is 16.3. The van der Waals surface area contributed by atoms with Gasteiger partial charge >= 0.3 is 0 Å². The van der Waals surface area contributed by atoms with Gasteiger partial charge in [-0.3, -0.25) is 14.8 Å². The minimum Gasteiger partial charge on any atom is -0.298 e. The van der Waals surface area contributed by atoms with Crippen LogP contribution in [0.1, 0.15) is 30.0 Å². The minimum atomic E-state index is -0.476. The van der Waals surface area contributed by atoms with Gasteiger partial charge in [0.15, 0.2) is 0 Å². The third kappa shape index (κ3) is 2.74. The van der Waals surface area contributed by atoms with Crippen LogP contribution in [-0.2, 0) is 6.54 Å². The van der Waals surface area contributed by atoms with Gasteiger partial charge in [-0.2, -0.15) is 0 Å². The second-order valence-electron chi connectivity index (χ2n) is 7.91. The van der Waals surface area contributed by atoms with Crippen molar-refractivity contribution in [3.63, 3.8) is 0 Å². The van der Waals surface area contributed by atoms with Crippen molar-refractivity contribution in [2.45, 2.75) is 37.4 Å². The zero-order valence-electron chi connectivity index (χ0n) is 14.7. The molecule has 1 aromatic carbocycles. The number of likely N-dealkylation sites (tertiary alicyclic amines) is 1. The van der Waals surface area contributed by atoms with Gasteiger partial charge in [0.1, 0.15) is 11.6 Å². The molecule has 3 atom stereocenters. The van der Waals surface area contributed by atoms with Crippen LogP contribution in [0.4, 0.5) is 8.78 Å². The molecule has 136 valence electrons. The molecule has 5 heteroatoms. The third-order valence-corrected chi connectivity index (χ3v) is 6.50. The average Bonchev–Trinajstić information content (AvgIpc) is 3.04. The molecule has 0 N–H and O–H groups in total. The van der Waals surface area contributed by atoms with Gasteiger partial charge in [0, 0.05) is 43.4 Å². The molecule has 5 heterocycles. The topological polar surface area (TPSA) is 19.4 Å². The monoisotopic (exact) mass is 355 g/mol. The minimum absolute atomic E-state index is 0.150. The Labute approximate surface area is 152 Å². The van der Waals surface area contributed by atoms with Crippen LogP contribution in [0.3, 0.4) is 0 Å². The molecule has 0 radical (unpaired) electrons. The predicted molar refractivity (Wildman–Crippen MR) is 95.6 cm³/mol. The molecule has 0 saturated carbocycles. The van der Waals surface area contributed by atoms with Crippen LogP contribution in [0.15, 0.2) is 42.6 Å². The lowest BCUT2D eigenvalue weighted by Gasteiger charge is -2.51. The van der Waals surface area contributed by atoms with Gasteiger partial charge in [-0.15, -0.1) is 0 Å². The highest BCUT2D eigenvalue weighted by Gasteiger charge is 2.53. The molecule has 0 unspecified atom stereocenters. The molecular formula is C21H23F2N3. The van der Waals surface area contributed by atoms with Crippen LogP contribution in [0.5, 0.6) is 0 Å². The SMILES string of the molecule is Fc1cc(F)cc([C@@H]2CN(Cc3ccccn3)[C@H]3C4CCN(CC4)[C@@H]23)c1. The van der Waals surface area contributed by atoms with Crippen molar-refractivity contribution in [3.8, 4) is 0 Å². The smallest absolute Gasteiger partial charge is 0.126 e. The lowest BCUT2D eigenvalue weighted by molar-refractivity contribution is -0.00900. The fourth-order valence-electron chi connectivity index (χ4n) is 5.50. The second kappa shape index (κ2) is 6.39. The number of aromatic nitrogens is 1. The van der Waals surface area contributed by atoms with Crippen molar-refractivity contribution in [1.29, 1.82) is 0 Å². The summed E-state index contributed by atoms with van der Waals surface area (Å²) in [5, 5.41) is 0. The van der Waals surface area contributed by atoms with E-state index in [-0.39, 0.29) is 5.92 Å². The summed E-state index contributed by atoms with van der Waals surface area (Å²) in [6, 6.07) is 10.8. The van der Waals surface area contributed by atoms with E-state index in [1.54, 1.807) is 0 Å². The Hall–Kier alpha value is -1.85. The van der Waals surface area contributed by atoms with Crippen LogP contribution in [-0.4, -0.2) is 46.5 Å². The first-order chi connectivity index (χ1) is 12.7. The zero-order chi connectivity index (χ0) is 17.7. The number of hydrogen-bond donors (Lipinski definition) is 0. The lowest BCUT2D eigenvalue weighted by Crippen LogP contribution is -2.60. The van der Waals surface area contributed by atoms with Crippen LogP contribution in [0, 0.1) is 17.6 Å². The Morgan fingerprint density at radius 3 is 2.46 bits per heavy atom. The highest BCUT2D eigenvalue weighted by atomic mass is 19.1. The molecule has 4 aliphatic rings. The summed E-state index contributed by atoms with van der Waals surface area (Å²) in [4.78, 5) is 9.56. The standard InChI is InChI=1S/C21H23F2N3/c22-16-9-15(10-17(23)11-16)19-13-26(12-18-3-1-2-6-24-18)20-14-4-7-25(8-5-14)21(19)20/h1-3,6,9-11,14,19-21H,4-5,7-8,12-13H2/t19-,20-,21-/m0/s1. The van der Waals surface area contributed by atoms with E-state index in [0.29, 0.717) is 18.0 Å². The molecule has 4 aliphatic heterocycles. The lowest BCUT2D eigenvalue weighted by atomic mass is 9.75. The largest absolute Gasteiger partial charge is 0.298 e. The van der Waals surface area contributed by atoms with E-state index >= 15 is 0 Å². The summed E-state index contributed by atoms with van der Waals surface area (Å²) in [7, 11) is 0. The first-order valence-electron chi connectivity index (χ1n) is 9.53. The fraction of sp³-hybridized carbons (Fsp3) is 0.476. The Morgan fingerprint density at radius 1 is 1.00 bits per heavy atom. The number of fused-ring (bicyclic) bond motifs is 2. The Balaban J connectivity index is 1.50. The van der Waals surface area contributed by atoms with Crippen molar-refractivity contribution in [2.75, 3.05) is 19.6 Å². The van der Waals surface area contributed by atoms with E-state index in [4.69, 9.17) is 0 Å². The van der Waals surface area contributed by atoms with Crippen molar-refractivity contribution in [1.82, 2.24) is 14.8 Å². The number of halogens is 2. The zero-order valence-corrected chi connectivity index (χ0v) is 14.7. The molecule has 26 heavy (non-hydrogen) atoms. The summed E-state index contributed by atoms with van der Waals surface area (Å²) in [6.07, 6.45) is 4.28. The Bertz CT molecular complexity index is 769. The van der Waals surface area contributed by atoms with Gasteiger partial charge in [-0.05, 0) is 61.7 Å². The van der Waals surface area contributed by atoms with Gasteiger partial charge in [-0.1, -0.05) is 6.07 Å². The molecule has 2 aromatic rings. The number of benzene rings is 1. The van der Waals surface area contributed by atoms with Crippen molar-refractivity contribution < 1.29 is 8.78 Å². The molecule has 6 rings (SSSR count). The highest BCUT2D eigenvalue weighted by molar-refractivity contribution is 5.28.